The molecule has 2 aromatic carbocycles. The zero-order chi connectivity index (χ0) is 23.7. The SMILES string of the molecule is CCN1C(=O)OCC1Cc1ccc(Oc2ccc(/C=C3/C=C4CC(=O)NC4=CC3)cc2Cl)cc1. The molecule has 0 aromatic heterocycles. The predicted octanol–water partition coefficient (Wildman–Crippen LogP) is 5.63. The second-order valence-electron chi connectivity index (χ2n) is 8.59. The number of ether oxygens (including phenoxy) is 2. The summed E-state index contributed by atoms with van der Waals surface area (Å²) in [7, 11) is 0. The molecule has 1 N–H and O–H groups in total. The van der Waals surface area contributed by atoms with Crippen molar-refractivity contribution in [2.75, 3.05) is 13.2 Å². The first-order chi connectivity index (χ1) is 16.5. The highest BCUT2D eigenvalue weighted by atomic mass is 35.5. The fourth-order valence-corrected chi connectivity index (χ4v) is 4.73. The van der Waals surface area contributed by atoms with Crippen LogP contribution in [0.25, 0.3) is 6.08 Å². The Kier molecular flexibility index (Phi) is 6.16. The summed E-state index contributed by atoms with van der Waals surface area (Å²) in [4.78, 5) is 25.1. The number of halogens is 1. The Labute approximate surface area is 203 Å². The molecule has 2 fully saturated rings. The van der Waals surface area contributed by atoms with Gasteiger partial charge in [0.1, 0.15) is 18.1 Å². The summed E-state index contributed by atoms with van der Waals surface area (Å²) >= 11 is 6.51. The van der Waals surface area contributed by atoms with Crippen LogP contribution in [0.2, 0.25) is 5.02 Å². The summed E-state index contributed by atoms with van der Waals surface area (Å²) in [5.41, 5.74) is 5.18. The number of hydrogen-bond acceptors (Lipinski definition) is 4. The Morgan fingerprint density at radius 3 is 2.79 bits per heavy atom. The summed E-state index contributed by atoms with van der Waals surface area (Å²) in [6.07, 6.45) is 7.88. The molecule has 34 heavy (non-hydrogen) atoms. The van der Waals surface area contributed by atoms with Gasteiger partial charge in [-0.1, -0.05) is 48.0 Å². The molecule has 2 heterocycles. The number of amides is 2. The number of fused-ring (bicyclic) bond motifs is 1. The van der Waals surface area contributed by atoms with Crippen LogP contribution >= 0.6 is 11.6 Å². The second-order valence-corrected chi connectivity index (χ2v) is 9.00. The monoisotopic (exact) mass is 476 g/mol. The van der Waals surface area contributed by atoms with Gasteiger partial charge in [-0.15, -0.1) is 0 Å². The number of cyclic esters (lactones) is 1. The quantitative estimate of drug-likeness (QED) is 0.586. The summed E-state index contributed by atoms with van der Waals surface area (Å²) < 4.78 is 11.2. The normalized spacial score (nSPS) is 20.6. The predicted molar refractivity (Wildman–Crippen MR) is 131 cm³/mol. The Balaban J connectivity index is 1.23. The number of hydrogen-bond donors (Lipinski definition) is 1. The van der Waals surface area contributed by atoms with Gasteiger partial charge in [0.15, 0.2) is 0 Å². The molecule has 0 spiro atoms. The highest BCUT2D eigenvalue weighted by molar-refractivity contribution is 6.32. The van der Waals surface area contributed by atoms with Gasteiger partial charge in [-0.2, -0.15) is 0 Å². The van der Waals surface area contributed by atoms with Crippen LogP contribution in [-0.4, -0.2) is 36.1 Å². The molecule has 3 aliphatic rings. The zero-order valence-electron chi connectivity index (χ0n) is 18.8. The molecule has 2 aliphatic heterocycles. The van der Waals surface area contributed by atoms with Gasteiger partial charge in [-0.05, 0) is 66.3 Å². The molecule has 174 valence electrons. The van der Waals surface area contributed by atoms with E-state index in [9.17, 15) is 9.59 Å². The first-order valence-electron chi connectivity index (χ1n) is 11.4. The zero-order valence-corrected chi connectivity index (χ0v) is 19.6. The van der Waals surface area contributed by atoms with Crippen LogP contribution in [0.5, 0.6) is 11.5 Å². The molecule has 0 saturated carbocycles. The van der Waals surface area contributed by atoms with Gasteiger partial charge in [0, 0.05) is 12.2 Å². The molecule has 5 rings (SSSR count). The molecule has 2 aromatic rings. The maximum absolute atomic E-state index is 11.7. The number of nitrogens with one attached hydrogen (secondary N) is 1. The standard InChI is InChI=1S/C27H25ClN2O4/c1-2-30-21(16-33-27(30)32)13-17-3-7-22(8-4-17)34-25-10-6-19(14-23(25)28)11-18-5-9-24-20(12-18)15-26(31)29-24/h3-4,6-12,14,21H,2,5,13,15-16H2,1H3,(H,29,31)/b18-11+. The molecular formula is C27H25ClN2O4. The second kappa shape index (κ2) is 9.39. The molecule has 0 radical (unpaired) electrons. The number of carbonyl (C=O) groups excluding carboxylic acids is 2. The lowest BCUT2D eigenvalue weighted by molar-refractivity contribution is -0.118. The van der Waals surface area contributed by atoms with Crippen LogP contribution in [0.3, 0.4) is 0 Å². The number of allylic oxidation sites excluding steroid dienone is 4. The minimum atomic E-state index is -0.242. The average Bonchev–Trinajstić information content (AvgIpc) is 3.37. The molecule has 2 amide bonds. The van der Waals surface area contributed by atoms with Crippen molar-refractivity contribution in [2.45, 2.75) is 32.2 Å². The molecule has 1 atom stereocenters. The van der Waals surface area contributed by atoms with Crippen LogP contribution in [-0.2, 0) is 16.0 Å². The Hall–Kier alpha value is -3.51. The van der Waals surface area contributed by atoms with Gasteiger partial charge >= 0.3 is 6.09 Å². The average molecular weight is 477 g/mol. The van der Waals surface area contributed by atoms with E-state index in [1.165, 1.54) is 0 Å². The Morgan fingerprint density at radius 1 is 1.21 bits per heavy atom. The lowest BCUT2D eigenvalue weighted by Gasteiger charge is -2.19. The van der Waals surface area contributed by atoms with E-state index >= 15 is 0 Å². The van der Waals surface area contributed by atoms with Crippen molar-refractivity contribution in [3.05, 3.63) is 87.6 Å². The third-order valence-electron chi connectivity index (χ3n) is 6.22. The maximum Gasteiger partial charge on any atom is 0.410 e. The first-order valence-corrected chi connectivity index (χ1v) is 11.8. The summed E-state index contributed by atoms with van der Waals surface area (Å²) in [6.45, 7) is 3.02. The van der Waals surface area contributed by atoms with E-state index in [2.05, 4.69) is 17.5 Å². The summed E-state index contributed by atoms with van der Waals surface area (Å²) in [5.74, 6) is 1.32. The van der Waals surface area contributed by atoms with Gasteiger partial charge in [-0.25, -0.2) is 4.79 Å². The highest BCUT2D eigenvalue weighted by Gasteiger charge is 2.31. The van der Waals surface area contributed by atoms with E-state index < -0.39 is 0 Å². The number of benzene rings is 2. The van der Waals surface area contributed by atoms with Gasteiger partial charge < -0.3 is 19.7 Å². The van der Waals surface area contributed by atoms with E-state index in [0.29, 0.717) is 36.1 Å². The van der Waals surface area contributed by atoms with E-state index in [-0.39, 0.29) is 18.0 Å². The summed E-state index contributed by atoms with van der Waals surface area (Å²) in [6, 6.07) is 13.6. The molecule has 2 saturated heterocycles. The minimum Gasteiger partial charge on any atom is -0.456 e. The van der Waals surface area contributed by atoms with Crippen molar-refractivity contribution in [3.63, 3.8) is 0 Å². The lowest BCUT2D eigenvalue weighted by Crippen LogP contribution is -2.34. The van der Waals surface area contributed by atoms with Crippen LogP contribution in [0.4, 0.5) is 4.79 Å². The van der Waals surface area contributed by atoms with Crippen molar-refractivity contribution in [3.8, 4) is 11.5 Å². The third kappa shape index (κ3) is 4.73. The van der Waals surface area contributed by atoms with Crippen molar-refractivity contribution in [1.29, 1.82) is 0 Å². The van der Waals surface area contributed by atoms with Gasteiger partial charge in [0.25, 0.3) is 0 Å². The third-order valence-corrected chi connectivity index (χ3v) is 6.51. The number of likely N-dealkylation sites (N-methyl/N-ethyl adjacent to an activating group) is 1. The summed E-state index contributed by atoms with van der Waals surface area (Å²) in [5, 5.41) is 3.40. The minimum absolute atomic E-state index is 0.0434. The highest BCUT2D eigenvalue weighted by Crippen LogP contribution is 2.33. The van der Waals surface area contributed by atoms with Crippen LogP contribution in [0.1, 0.15) is 30.9 Å². The van der Waals surface area contributed by atoms with Gasteiger partial charge in [0.2, 0.25) is 5.91 Å². The molecular weight excluding hydrogens is 452 g/mol. The molecule has 6 nitrogen and oxygen atoms in total. The molecule has 0 bridgehead atoms. The lowest BCUT2D eigenvalue weighted by atomic mass is 9.97. The Bertz CT molecular complexity index is 1230. The Morgan fingerprint density at radius 2 is 2.03 bits per heavy atom. The fraction of sp³-hybridized carbons (Fsp3) is 0.259. The molecule has 7 heteroatoms. The maximum atomic E-state index is 11.7. The van der Waals surface area contributed by atoms with Crippen molar-refractivity contribution in [1.82, 2.24) is 10.2 Å². The van der Waals surface area contributed by atoms with Gasteiger partial charge in [0.05, 0.1) is 17.5 Å². The smallest absolute Gasteiger partial charge is 0.410 e. The van der Waals surface area contributed by atoms with E-state index in [0.717, 1.165) is 40.8 Å². The largest absolute Gasteiger partial charge is 0.456 e. The van der Waals surface area contributed by atoms with Crippen molar-refractivity contribution in [2.24, 2.45) is 0 Å². The van der Waals surface area contributed by atoms with Gasteiger partial charge in [-0.3, -0.25) is 4.79 Å². The van der Waals surface area contributed by atoms with Crippen LogP contribution in [0, 0.1) is 0 Å². The molecule has 1 aliphatic carbocycles. The van der Waals surface area contributed by atoms with Crippen LogP contribution < -0.4 is 10.1 Å². The number of rotatable bonds is 6. The number of carbonyl (C=O) groups is 2. The van der Waals surface area contributed by atoms with E-state index in [4.69, 9.17) is 21.1 Å². The van der Waals surface area contributed by atoms with Crippen molar-refractivity contribution >= 4 is 29.7 Å². The van der Waals surface area contributed by atoms with Crippen molar-refractivity contribution < 1.29 is 19.1 Å². The topological polar surface area (TPSA) is 67.9 Å². The number of nitrogens with zero attached hydrogens (tertiary/aromatic N) is 1. The first kappa shape index (κ1) is 22.3. The van der Waals surface area contributed by atoms with E-state index in [1.54, 1.807) is 4.90 Å². The van der Waals surface area contributed by atoms with Crippen LogP contribution in [0.15, 0.2) is 71.5 Å². The molecule has 1 unspecified atom stereocenters. The fourth-order valence-electron chi connectivity index (χ4n) is 4.50. The van der Waals surface area contributed by atoms with E-state index in [1.807, 2.05) is 55.5 Å².